The Kier molecular flexibility index (Phi) is 4.50. The molecule has 1 fully saturated rings. The fraction of sp³-hybridized carbons (Fsp3) is 0.250. The van der Waals surface area contributed by atoms with Crippen LogP contribution in [-0.4, -0.2) is 47.3 Å². The Bertz CT molecular complexity index is 946. The molecule has 1 aliphatic rings. The Labute approximate surface area is 156 Å². The third kappa shape index (κ3) is 3.48. The molecule has 0 spiro atoms. The summed E-state index contributed by atoms with van der Waals surface area (Å²) >= 11 is 0. The second kappa shape index (κ2) is 7.11. The molecule has 7 heteroatoms. The number of ether oxygens (including phenoxy) is 2. The second-order valence-corrected chi connectivity index (χ2v) is 6.32. The van der Waals surface area contributed by atoms with Crippen LogP contribution in [-0.2, 0) is 0 Å². The van der Waals surface area contributed by atoms with Crippen molar-refractivity contribution in [2.75, 3.05) is 20.2 Å². The molecule has 1 aliphatic heterocycles. The molecule has 4 rings (SSSR count). The van der Waals surface area contributed by atoms with Crippen LogP contribution in [0.25, 0.3) is 11.5 Å². The van der Waals surface area contributed by atoms with Gasteiger partial charge in [0.15, 0.2) is 5.82 Å². The molecule has 0 radical (unpaired) electrons. The summed E-state index contributed by atoms with van der Waals surface area (Å²) in [6.45, 7) is 2.86. The first-order valence-corrected chi connectivity index (χ1v) is 8.64. The van der Waals surface area contributed by atoms with Crippen molar-refractivity contribution in [3.8, 4) is 23.0 Å². The maximum atomic E-state index is 12.6. The second-order valence-electron chi connectivity index (χ2n) is 6.32. The minimum Gasteiger partial charge on any atom is -0.496 e. The van der Waals surface area contributed by atoms with Gasteiger partial charge in [-0.3, -0.25) is 4.79 Å². The number of amides is 1. The van der Waals surface area contributed by atoms with Crippen LogP contribution in [0, 0.1) is 6.92 Å². The number of methoxy groups -OCH3 is 1. The van der Waals surface area contributed by atoms with E-state index >= 15 is 0 Å². The van der Waals surface area contributed by atoms with Gasteiger partial charge in [-0.2, -0.15) is 4.98 Å². The molecule has 3 aromatic rings. The monoisotopic (exact) mass is 365 g/mol. The zero-order chi connectivity index (χ0) is 18.8. The molecule has 1 aromatic heterocycles. The number of hydrogen-bond donors (Lipinski definition) is 0. The smallest absolute Gasteiger partial charge is 0.257 e. The maximum absolute atomic E-state index is 12.6. The molecule has 0 atom stereocenters. The van der Waals surface area contributed by atoms with Crippen molar-refractivity contribution in [3.63, 3.8) is 0 Å². The molecular formula is C20H19N3O4. The lowest BCUT2D eigenvalue weighted by atomic mass is 10.1. The highest BCUT2D eigenvalue weighted by atomic mass is 16.5. The van der Waals surface area contributed by atoms with Gasteiger partial charge in [0.2, 0.25) is 0 Å². The van der Waals surface area contributed by atoms with Gasteiger partial charge in [0.05, 0.1) is 25.8 Å². The molecule has 0 saturated carbocycles. The van der Waals surface area contributed by atoms with E-state index < -0.39 is 0 Å². The summed E-state index contributed by atoms with van der Waals surface area (Å²) in [5, 5.41) is 3.78. The first-order valence-electron chi connectivity index (χ1n) is 8.64. The van der Waals surface area contributed by atoms with Gasteiger partial charge in [-0.05, 0) is 43.3 Å². The Morgan fingerprint density at radius 2 is 1.89 bits per heavy atom. The van der Waals surface area contributed by atoms with Gasteiger partial charge >= 0.3 is 0 Å². The average molecular weight is 365 g/mol. The van der Waals surface area contributed by atoms with E-state index in [2.05, 4.69) is 10.1 Å². The van der Waals surface area contributed by atoms with Crippen molar-refractivity contribution >= 4 is 5.91 Å². The molecule has 0 bridgehead atoms. The summed E-state index contributed by atoms with van der Waals surface area (Å²) in [5.74, 6) is 2.35. The molecule has 1 amide bonds. The number of nitrogens with zero attached hydrogens (tertiary/aromatic N) is 3. The van der Waals surface area contributed by atoms with Gasteiger partial charge in [0.25, 0.3) is 11.8 Å². The van der Waals surface area contributed by atoms with E-state index in [0.717, 1.165) is 11.3 Å². The van der Waals surface area contributed by atoms with Gasteiger partial charge in [0.1, 0.15) is 17.6 Å². The molecule has 27 heavy (non-hydrogen) atoms. The van der Waals surface area contributed by atoms with Crippen LogP contribution in [0.2, 0.25) is 0 Å². The van der Waals surface area contributed by atoms with Crippen molar-refractivity contribution in [1.29, 1.82) is 0 Å². The quantitative estimate of drug-likeness (QED) is 0.692. The third-order valence-corrected chi connectivity index (χ3v) is 4.40. The Hall–Kier alpha value is -3.35. The average Bonchev–Trinajstić information content (AvgIpc) is 3.10. The SMILES string of the molecule is COc1ccccc1C(=O)N1CC(Oc2ccc(-c3nc(C)no3)cc2)C1. The largest absolute Gasteiger partial charge is 0.496 e. The van der Waals surface area contributed by atoms with E-state index in [4.69, 9.17) is 14.0 Å². The third-order valence-electron chi connectivity index (χ3n) is 4.40. The number of aryl methyl sites for hydroxylation is 1. The zero-order valence-electron chi connectivity index (χ0n) is 15.1. The Morgan fingerprint density at radius 3 is 2.56 bits per heavy atom. The summed E-state index contributed by atoms with van der Waals surface area (Å²) in [7, 11) is 1.56. The van der Waals surface area contributed by atoms with Crippen molar-refractivity contribution < 1.29 is 18.8 Å². The lowest BCUT2D eigenvalue weighted by Gasteiger charge is -2.39. The molecule has 0 aliphatic carbocycles. The van der Waals surface area contributed by atoms with Crippen molar-refractivity contribution in [3.05, 3.63) is 59.9 Å². The summed E-state index contributed by atoms with van der Waals surface area (Å²) in [6.07, 6.45) is -0.0276. The predicted octanol–water partition coefficient (Wildman–Crippen LogP) is 2.96. The molecule has 7 nitrogen and oxygen atoms in total. The van der Waals surface area contributed by atoms with Crippen LogP contribution in [0.4, 0.5) is 0 Å². The van der Waals surface area contributed by atoms with Crippen LogP contribution < -0.4 is 9.47 Å². The molecule has 1 saturated heterocycles. The van der Waals surface area contributed by atoms with Crippen molar-refractivity contribution in [1.82, 2.24) is 15.0 Å². The first-order chi connectivity index (χ1) is 13.1. The van der Waals surface area contributed by atoms with Gasteiger partial charge in [-0.25, -0.2) is 0 Å². The van der Waals surface area contributed by atoms with Crippen LogP contribution in [0.15, 0.2) is 53.1 Å². The van der Waals surface area contributed by atoms with E-state index in [1.54, 1.807) is 31.1 Å². The van der Waals surface area contributed by atoms with E-state index in [9.17, 15) is 4.79 Å². The summed E-state index contributed by atoms with van der Waals surface area (Å²) in [4.78, 5) is 18.5. The highest BCUT2D eigenvalue weighted by Crippen LogP contribution is 2.26. The molecular weight excluding hydrogens is 346 g/mol. The topological polar surface area (TPSA) is 77.7 Å². The van der Waals surface area contributed by atoms with Crippen molar-refractivity contribution in [2.24, 2.45) is 0 Å². The number of benzene rings is 2. The minimum absolute atomic E-state index is 0.0276. The number of carbonyl (C=O) groups excluding carboxylic acids is 1. The maximum Gasteiger partial charge on any atom is 0.257 e. The fourth-order valence-corrected chi connectivity index (χ4v) is 2.95. The lowest BCUT2D eigenvalue weighted by molar-refractivity contribution is 0.0176. The highest BCUT2D eigenvalue weighted by Gasteiger charge is 2.33. The van der Waals surface area contributed by atoms with E-state index in [-0.39, 0.29) is 12.0 Å². The number of rotatable bonds is 5. The summed E-state index contributed by atoms with van der Waals surface area (Å²) < 4.78 is 16.3. The van der Waals surface area contributed by atoms with Gasteiger partial charge in [-0.15, -0.1) is 0 Å². The number of likely N-dealkylation sites (tertiary alicyclic amines) is 1. The molecule has 2 aromatic carbocycles. The number of hydrogen-bond acceptors (Lipinski definition) is 6. The Balaban J connectivity index is 1.34. The summed E-state index contributed by atoms with van der Waals surface area (Å²) in [6, 6.07) is 14.7. The van der Waals surface area contributed by atoms with Crippen LogP contribution >= 0.6 is 0 Å². The zero-order valence-corrected chi connectivity index (χ0v) is 15.1. The van der Waals surface area contributed by atoms with E-state index in [0.29, 0.717) is 36.1 Å². The minimum atomic E-state index is -0.0468. The van der Waals surface area contributed by atoms with Gasteiger partial charge in [-0.1, -0.05) is 17.3 Å². The first kappa shape index (κ1) is 17.1. The van der Waals surface area contributed by atoms with Crippen LogP contribution in [0.1, 0.15) is 16.2 Å². The number of para-hydroxylation sites is 1. The molecule has 2 heterocycles. The predicted molar refractivity (Wildman–Crippen MR) is 97.8 cm³/mol. The normalized spacial score (nSPS) is 13.9. The van der Waals surface area contributed by atoms with Crippen molar-refractivity contribution in [2.45, 2.75) is 13.0 Å². The number of carbonyl (C=O) groups is 1. The van der Waals surface area contributed by atoms with Gasteiger partial charge in [0, 0.05) is 5.56 Å². The molecule has 0 N–H and O–H groups in total. The number of aromatic nitrogens is 2. The van der Waals surface area contributed by atoms with Crippen LogP contribution in [0.5, 0.6) is 11.5 Å². The Morgan fingerprint density at radius 1 is 1.15 bits per heavy atom. The fourth-order valence-electron chi connectivity index (χ4n) is 2.95. The molecule has 0 unspecified atom stereocenters. The lowest BCUT2D eigenvalue weighted by Crippen LogP contribution is -2.56. The summed E-state index contributed by atoms with van der Waals surface area (Å²) in [5.41, 5.74) is 1.40. The standard InChI is InChI=1S/C20H19N3O4/c1-13-21-19(27-22-13)14-7-9-15(10-8-14)26-16-11-23(12-16)20(24)17-5-3-4-6-18(17)25-2/h3-10,16H,11-12H2,1-2H3. The van der Waals surface area contributed by atoms with E-state index in [1.165, 1.54) is 0 Å². The van der Waals surface area contributed by atoms with Gasteiger partial charge < -0.3 is 18.9 Å². The van der Waals surface area contributed by atoms with E-state index in [1.807, 2.05) is 36.4 Å². The highest BCUT2D eigenvalue weighted by molar-refractivity contribution is 5.97. The molecule has 138 valence electrons. The van der Waals surface area contributed by atoms with Crippen LogP contribution in [0.3, 0.4) is 0 Å².